The Bertz CT molecular complexity index is 1050. The molecule has 1 aliphatic carbocycles. The van der Waals surface area contributed by atoms with Crippen LogP contribution >= 0.6 is 11.3 Å². The quantitative estimate of drug-likeness (QED) is 0.689. The summed E-state index contributed by atoms with van der Waals surface area (Å²) in [5.41, 5.74) is 3.52. The van der Waals surface area contributed by atoms with Gasteiger partial charge in [0.05, 0.1) is 23.1 Å². The largest absolute Gasteiger partial charge is 0.378 e. The highest BCUT2D eigenvalue weighted by Gasteiger charge is 2.37. The van der Waals surface area contributed by atoms with Crippen LogP contribution in [0.15, 0.2) is 24.3 Å². The first kappa shape index (κ1) is 22.5. The van der Waals surface area contributed by atoms with E-state index in [1.165, 1.54) is 0 Å². The standard InChI is InChI=1S/C24H29N3O4S/c1-4-25-21(29)22(30)26-16-7-5-6-15(12-16)19-17-13-24(2,3)14-18(28)20(17)32-23(19)27-8-10-31-11-9-27/h5-7,12H,4,8-11,13-14H2,1-3H3,(H,25,29)(H,26,30). The summed E-state index contributed by atoms with van der Waals surface area (Å²) in [7, 11) is 0. The number of rotatable bonds is 4. The van der Waals surface area contributed by atoms with Crippen LogP contribution in [-0.4, -0.2) is 50.4 Å². The van der Waals surface area contributed by atoms with Crippen LogP contribution in [0.4, 0.5) is 10.7 Å². The first-order valence-corrected chi connectivity index (χ1v) is 11.8. The zero-order chi connectivity index (χ0) is 22.9. The molecular weight excluding hydrogens is 426 g/mol. The van der Waals surface area contributed by atoms with E-state index in [4.69, 9.17) is 4.74 Å². The molecule has 2 N–H and O–H groups in total. The highest BCUT2D eigenvalue weighted by atomic mass is 32.1. The van der Waals surface area contributed by atoms with Crippen molar-refractivity contribution in [3.8, 4) is 11.1 Å². The van der Waals surface area contributed by atoms with Crippen molar-refractivity contribution in [2.45, 2.75) is 33.6 Å². The average molecular weight is 456 g/mol. The predicted molar refractivity (Wildman–Crippen MR) is 127 cm³/mol. The van der Waals surface area contributed by atoms with Crippen LogP contribution in [0.2, 0.25) is 0 Å². The van der Waals surface area contributed by atoms with E-state index in [9.17, 15) is 14.4 Å². The summed E-state index contributed by atoms with van der Waals surface area (Å²) in [4.78, 5) is 40.2. The van der Waals surface area contributed by atoms with Crippen LogP contribution in [0.3, 0.4) is 0 Å². The number of ether oxygens (including phenoxy) is 1. The molecule has 170 valence electrons. The first-order chi connectivity index (χ1) is 15.3. The molecular formula is C24H29N3O4S. The fourth-order valence-electron chi connectivity index (χ4n) is 4.37. The molecule has 1 fully saturated rings. The minimum absolute atomic E-state index is 0.105. The Morgan fingerprint density at radius 1 is 1.16 bits per heavy atom. The lowest BCUT2D eigenvalue weighted by Gasteiger charge is -2.30. The van der Waals surface area contributed by atoms with Crippen LogP contribution in [0.25, 0.3) is 11.1 Å². The lowest BCUT2D eigenvalue weighted by molar-refractivity contribution is -0.136. The van der Waals surface area contributed by atoms with E-state index in [1.807, 2.05) is 18.2 Å². The number of hydrogen-bond donors (Lipinski definition) is 2. The van der Waals surface area contributed by atoms with Gasteiger partial charge in [0.15, 0.2) is 5.78 Å². The number of ketones is 1. The molecule has 32 heavy (non-hydrogen) atoms. The van der Waals surface area contributed by atoms with Gasteiger partial charge < -0.3 is 20.3 Å². The molecule has 1 aromatic heterocycles. The Hall–Kier alpha value is -2.71. The van der Waals surface area contributed by atoms with Gasteiger partial charge in [-0.2, -0.15) is 0 Å². The normalized spacial score (nSPS) is 17.6. The molecule has 2 amide bonds. The van der Waals surface area contributed by atoms with Crippen molar-refractivity contribution < 1.29 is 19.1 Å². The lowest BCUT2D eigenvalue weighted by Crippen LogP contribution is -2.36. The van der Waals surface area contributed by atoms with Gasteiger partial charge in [0, 0.05) is 37.3 Å². The number of benzene rings is 1. The van der Waals surface area contributed by atoms with Gasteiger partial charge in [-0.15, -0.1) is 11.3 Å². The number of morpholine rings is 1. The number of anilines is 2. The zero-order valence-electron chi connectivity index (χ0n) is 18.7. The van der Waals surface area contributed by atoms with E-state index in [-0.39, 0.29) is 11.2 Å². The summed E-state index contributed by atoms with van der Waals surface area (Å²) in [6.07, 6.45) is 1.37. The number of fused-ring (bicyclic) bond motifs is 1. The highest BCUT2D eigenvalue weighted by Crippen LogP contribution is 2.49. The number of nitrogens with zero attached hydrogens (tertiary/aromatic N) is 1. The van der Waals surface area contributed by atoms with Crippen molar-refractivity contribution in [1.82, 2.24) is 5.32 Å². The van der Waals surface area contributed by atoms with E-state index in [0.717, 1.165) is 46.1 Å². The minimum Gasteiger partial charge on any atom is -0.378 e. The van der Waals surface area contributed by atoms with Crippen LogP contribution in [-0.2, 0) is 20.7 Å². The Labute approximate surface area is 192 Å². The summed E-state index contributed by atoms with van der Waals surface area (Å²) < 4.78 is 5.54. The Kier molecular flexibility index (Phi) is 6.35. The third-order valence-corrected chi connectivity index (χ3v) is 7.12. The molecule has 0 saturated carbocycles. The number of Topliss-reactive ketones (excluding diaryl/α,β-unsaturated/α-hetero) is 1. The maximum absolute atomic E-state index is 13.0. The summed E-state index contributed by atoms with van der Waals surface area (Å²) in [5.74, 6) is -1.16. The number of thiophene rings is 1. The van der Waals surface area contributed by atoms with Gasteiger partial charge in [-0.25, -0.2) is 0 Å². The fraction of sp³-hybridized carbons (Fsp3) is 0.458. The van der Waals surface area contributed by atoms with Crippen molar-refractivity contribution in [3.05, 3.63) is 34.7 Å². The van der Waals surface area contributed by atoms with Crippen LogP contribution in [0.5, 0.6) is 0 Å². The van der Waals surface area contributed by atoms with E-state index in [1.54, 1.807) is 24.3 Å². The molecule has 2 aliphatic rings. The maximum atomic E-state index is 13.0. The second kappa shape index (κ2) is 9.03. The van der Waals surface area contributed by atoms with Crippen molar-refractivity contribution in [1.29, 1.82) is 0 Å². The Balaban J connectivity index is 1.76. The Morgan fingerprint density at radius 3 is 2.62 bits per heavy atom. The number of hydrogen-bond acceptors (Lipinski definition) is 6. The fourth-order valence-corrected chi connectivity index (χ4v) is 5.70. The molecule has 0 bridgehead atoms. The van der Waals surface area contributed by atoms with Crippen LogP contribution in [0.1, 0.15) is 42.4 Å². The zero-order valence-corrected chi connectivity index (χ0v) is 19.6. The third kappa shape index (κ3) is 4.56. The maximum Gasteiger partial charge on any atom is 0.313 e. The molecule has 8 heteroatoms. The number of carbonyl (C=O) groups is 3. The molecule has 0 unspecified atom stereocenters. The van der Waals surface area contributed by atoms with Gasteiger partial charge in [0.1, 0.15) is 0 Å². The van der Waals surface area contributed by atoms with Gasteiger partial charge in [-0.1, -0.05) is 26.0 Å². The van der Waals surface area contributed by atoms with Crippen molar-refractivity contribution >= 4 is 39.6 Å². The summed E-state index contributed by atoms with van der Waals surface area (Å²) in [6, 6.07) is 7.52. The molecule has 0 spiro atoms. The van der Waals surface area contributed by atoms with Gasteiger partial charge in [-0.3, -0.25) is 14.4 Å². The monoisotopic (exact) mass is 455 g/mol. The minimum atomic E-state index is -0.693. The van der Waals surface area contributed by atoms with Crippen molar-refractivity contribution in [2.24, 2.45) is 5.41 Å². The number of nitrogens with one attached hydrogen (secondary N) is 2. The van der Waals surface area contributed by atoms with E-state index < -0.39 is 11.8 Å². The lowest BCUT2D eigenvalue weighted by atomic mass is 9.75. The second-order valence-electron chi connectivity index (χ2n) is 9.02. The number of amides is 2. The van der Waals surface area contributed by atoms with Gasteiger partial charge >= 0.3 is 11.8 Å². The average Bonchev–Trinajstić information content (AvgIpc) is 3.13. The van der Waals surface area contributed by atoms with E-state index in [0.29, 0.717) is 31.9 Å². The third-order valence-electron chi connectivity index (χ3n) is 5.79. The molecule has 0 radical (unpaired) electrons. The van der Waals surface area contributed by atoms with Crippen molar-refractivity contribution in [3.63, 3.8) is 0 Å². The number of likely N-dealkylation sites (N-methyl/N-ethyl adjacent to an activating group) is 1. The highest BCUT2D eigenvalue weighted by molar-refractivity contribution is 7.19. The predicted octanol–water partition coefficient (Wildman–Crippen LogP) is 3.48. The van der Waals surface area contributed by atoms with Gasteiger partial charge in [0.25, 0.3) is 0 Å². The summed E-state index contributed by atoms with van der Waals surface area (Å²) >= 11 is 1.57. The molecule has 1 saturated heterocycles. The molecule has 1 aliphatic heterocycles. The van der Waals surface area contributed by atoms with Gasteiger partial charge in [0.2, 0.25) is 0 Å². The molecule has 4 rings (SSSR count). The van der Waals surface area contributed by atoms with Crippen LogP contribution < -0.4 is 15.5 Å². The SMILES string of the molecule is CCNC(=O)C(=O)Nc1cccc(-c2c(N3CCOCC3)sc3c2CC(C)(C)CC3=O)c1. The summed E-state index contributed by atoms with van der Waals surface area (Å²) in [5, 5.41) is 6.27. The Morgan fingerprint density at radius 2 is 1.91 bits per heavy atom. The van der Waals surface area contributed by atoms with E-state index >= 15 is 0 Å². The number of carbonyl (C=O) groups excluding carboxylic acids is 3. The second-order valence-corrected chi connectivity index (χ2v) is 10.0. The topological polar surface area (TPSA) is 87.7 Å². The van der Waals surface area contributed by atoms with Crippen LogP contribution in [0, 0.1) is 5.41 Å². The van der Waals surface area contributed by atoms with Gasteiger partial charge in [-0.05, 0) is 42.0 Å². The summed E-state index contributed by atoms with van der Waals surface area (Å²) in [6.45, 7) is 9.28. The molecule has 2 heterocycles. The molecule has 0 atom stereocenters. The molecule has 2 aromatic rings. The smallest absolute Gasteiger partial charge is 0.313 e. The van der Waals surface area contributed by atoms with E-state index in [2.05, 4.69) is 29.4 Å². The molecule has 7 nitrogen and oxygen atoms in total. The van der Waals surface area contributed by atoms with Crippen molar-refractivity contribution in [2.75, 3.05) is 43.1 Å². The molecule has 1 aromatic carbocycles. The first-order valence-electron chi connectivity index (χ1n) is 11.0.